The fraction of sp³-hybridized carbons (Fsp3) is 0.529. The van der Waals surface area contributed by atoms with E-state index in [1.807, 2.05) is 27.7 Å². The molecule has 2 unspecified atom stereocenters. The second-order valence-corrected chi connectivity index (χ2v) is 6.18. The molecule has 2 heterocycles. The van der Waals surface area contributed by atoms with Crippen LogP contribution < -0.4 is 5.32 Å². The fourth-order valence-electron chi connectivity index (χ4n) is 2.62. The van der Waals surface area contributed by atoms with Crippen LogP contribution in [0.1, 0.15) is 42.8 Å². The summed E-state index contributed by atoms with van der Waals surface area (Å²) in [7, 11) is 0. The number of carbonyl (C=O) groups excluding carboxylic acids is 1. The van der Waals surface area contributed by atoms with E-state index in [-0.39, 0.29) is 24.5 Å². The zero-order valence-corrected chi connectivity index (χ0v) is 14.5. The smallest absolute Gasteiger partial charge is 0.220 e. The molecule has 0 saturated carbocycles. The van der Waals surface area contributed by atoms with Crippen molar-refractivity contribution in [2.45, 2.75) is 46.6 Å². The number of aliphatic hydroxyl groups is 1. The van der Waals surface area contributed by atoms with Crippen molar-refractivity contribution in [3.8, 4) is 6.07 Å². The number of hydrogen-bond acceptors (Lipinski definition) is 5. The van der Waals surface area contributed by atoms with E-state index in [0.29, 0.717) is 24.1 Å². The molecule has 7 heteroatoms. The van der Waals surface area contributed by atoms with Crippen LogP contribution >= 0.6 is 0 Å². The minimum atomic E-state index is -0.0744. The first-order valence-electron chi connectivity index (χ1n) is 8.03. The standard InChI is InChI=1S/C17H23N5O2/c1-10(9-23)11(2)20-16(24)6-5-15-12(3)21-17-14(7-18)8-19-22(17)13(15)4/h8,10-11,23H,5-6,9H2,1-4H3,(H,20,24). The minimum Gasteiger partial charge on any atom is -0.396 e. The molecule has 2 N–H and O–H groups in total. The number of nitrogens with one attached hydrogen (secondary N) is 1. The molecule has 0 spiro atoms. The topological polar surface area (TPSA) is 103 Å². The van der Waals surface area contributed by atoms with E-state index in [1.165, 1.54) is 6.20 Å². The molecule has 0 aliphatic rings. The van der Waals surface area contributed by atoms with Crippen LogP contribution in [0.25, 0.3) is 5.65 Å². The van der Waals surface area contributed by atoms with Gasteiger partial charge in [-0.1, -0.05) is 6.92 Å². The van der Waals surface area contributed by atoms with Gasteiger partial charge in [0.25, 0.3) is 0 Å². The van der Waals surface area contributed by atoms with Crippen LogP contribution in [0.5, 0.6) is 0 Å². The van der Waals surface area contributed by atoms with Crippen molar-refractivity contribution in [3.63, 3.8) is 0 Å². The molecule has 24 heavy (non-hydrogen) atoms. The van der Waals surface area contributed by atoms with Gasteiger partial charge < -0.3 is 10.4 Å². The Morgan fingerprint density at radius 1 is 1.46 bits per heavy atom. The van der Waals surface area contributed by atoms with Gasteiger partial charge in [0, 0.05) is 30.5 Å². The van der Waals surface area contributed by atoms with Gasteiger partial charge >= 0.3 is 0 Å². The second kappa shape index (κ2) is 7.41. The Balaban J connectivity index is 2.13. The van der Waals surface area contributed by atoms with Gasteiger partial charge in [-0.2, -0.15) is 10.4 Å². The predicted molar refractivity (Wildman–Crippen MR) is 89.4 cm³/mol. The summed E-state index contributed by atoms with van der Waals surface area (Å²) in [5.74, 6) is -0.0382. The van der Waals surface area contributed by atoms with Gasteiger partial charge in [0.15, 0.2) is 5.65 Å². The second-order valence-electron chi connectivity index (χ2n) is 6.18. The van der Waals surface area contributed by atoms with Crippen molar-refractivity contribution in [1.29, 1.82) is 5.26 Å². The number of aromatic nitrogens is 3. The highest BCUT2D eigenvalue weighted by Crippen LogP contribution is 2.18. The van der Waals surface area contributed by atoms with Crippen LogP contribution in [0.15, 0.2) is 6.20 Å². The average Bonchev–Trinajstić information content (AvgIpc) is 2.96. The van der Waals surface area contributed by atoms with Crippen molar-refractivity contribution in [2.24, 2.45) is 5.92 Å². The van der Waals surface area contributed by atoms with E-state index in [1.54, 1.807) is 4.52 Å². The van der Waals surface area contributed by atoms with Crippen LogP contribution in [0.3, 0.4) is 0 Å². The molecule has 2 atom stereocenters. The van der Waals surface area contributed by atoms with E-state index in [4.69, 9.17) is 10.4 Å². The summed E-state index contributed by atoms with van der Waals surface area (Å²) in [5, 5.41) is 25.3. The summed E-state index contributed by atoms with van der Waals surface area (Å²) in [6.45, 7) is 7.61. The van der Waals surface area contributed by atoms with Crippen molar-refractivity contribution >= 4 is 11.6 Å². The maximum atomic E-state index is 12.1. The van der Waals surface area contributed by atoms with E-state index in [9.17, 15) is 4.79 Å². The van der Waals surface area contributed by atoms with E-state index in [2.05, 4.69) is 21.5 Å². The molecule has 7 nitrogen and oxygen atoms in total. The third kappa shape index (κ3) is 3.54. The van der Waals surface area contributed by atoms with Crippen LogP contribution in [0, 0.1) is 31.1 Å². The Kier molecular flexibility index (Phi) is 5.52. The van der Waals surface area contributed by atoms with Gasteiger partial charge in [0.05, 0.1) is 6.20 Å². The molecule has 128 valence electrons. The lowest BCUT2D eigenvalue weighted by Gasteiger charge is -2.19. The molecular formula is C17H23N5O2. The zero-order valence-electron chi connectivity index (χ0n) is 14.5. The van der Waals surface area contributed by atoms with Crippen molar-refractivity contribution in [3.05, 3.63) is 28.7 Å². The van der Waals surface area contributed by atoms with Crippen LogP contribution in [0.2, 0.25) is 0 Å². The molecule has 0 fully saturated rings. The molecule has 0 aliphatic heterocycles. The summed E-state index contributed by atoms with van der Waals surface area (Å²) < 4.78 is 1.65. The Bertz CT molecular complexity index is 790. The van der Waals surface area contributed by atoms with Crippen LogP contribution in [0.4, 0.5) is 0 Å². The lowest BCUT2D eigenvalue weighted by molar-refractivity contribution is -0.122. The SMILES string of the molecule is Cc1nc2c(C#N)cnn2c(C)c1CCC(=O)NC(C)C(C)CO. The van der Waals surface area contributed by atoms with Crippen molar-refractivity contribution in [1.82, 2.24) is 19.9 Å². The molecule has 1 amide bonds. The number of rotatable bonds is 6. The Morgan fingerprint density at radius 2 is 2.17 bits per heavy atom. The molecule has 0 radical (unpaired) electrons. The number of hydrogen-bond donors (Lipinski definition) is 2. The monoisotopic (exact) mass is 329 g/mol. The maximum Gasteiger partial charge on any atom is 0.220 e. The lowest BCUT2D eigenvalue weighted by atomic mass is 10.0. The number of amides is 1. The van der Waals surface area contributed by atoms with E-state index in [0.717, 1.165) is 17.0 Å². The number of carbonyl (C=O) groups is 1. The highest BCUT2D eigenvalue weighted by atomic mass is 16.3. The molecule has 0 saturated heterocycles. The summed E-state index contributed by atoms with van der Waals surface area (Å²) in [6, 6.07) is 2.01. The highest BCUT2D eigenvalue weighted by Gasteiger charge is 2.17. The third-order valence-corrected chi connectivity index (χ3v) is 4.46. The van der Waals surface area contributed by atoms with Crippen LogP contribution in [-0.2, 0) is 11.2 Å². The molecule has 2 aromatic rings. The summed E-state index contributed by atoms with van der Waals surface area (Å²) >= 11 is 0. The van der Waals surface area contributed by atoms with Gasteiger partial charge in [-0.15, -0.1) is 0 Å². The zero-order chi connectivity index (χ0) is 17.9. The number of aliphatic hydroxyl groups excluding tert-OH is 1. The number of nitriles is 1. The van der Waals surface area contributed by atoms with E-state index < -0.39 is 0 Å². The quantitative estimate of drug-likeness (QED) is 0.831. The van der Waals surface area contributed by atoms with Gasteiger partial charge in [0.2, 0.25) is 5.91 Å². The lowest BCUT2D eigenvalue weighted by Crippen LogP contribution is -2.38. The summed E-state index contributed by atoms with van der Waals surface area (Å²) in [4.78, 5) is 16.6. The third-order valence-electron chi connectivity index (χ3n) is 4.46. The summed E-state index contributed by atoms with van der Waals surface area (Å²) in [5.41, 5.74) is 3.65. The highest BCUT2D eigenvalue weighted by molar-refractivity contribution is 5.76. The normalized spacial score (nSPS) is 13.5. The van der Waals surface area contributed by atoms with Crippen molar-refractivity contribution < 1.29 is 9.90 Å². The predicted octanol–water partition coefficient (Wildman–Crippen LogP) is 1.28. The van der Waals surface area contributed by atoms with E-state index >= 15 is 0 Å². The fourth-order valence-corrected chi connectivity index (χ4v) is 2.62. The Labute approximate surface area is 141 Å². The molecule has 0 aliphatic carbocycles. The first-order valence-corrected chi connectivity index (χ1v) is 8.03. The Hall–Kier alpha value is -2.46. The largest absolute Gasteiger partial charge is 0.396 e. The number of nitrogens with zero attached hydrogens (tertiary/aromatic N) is 4. The maximum absolute atomic E-state index is 12.1. The minimum absolute atomic E-state index is 0.0175. The van der Waals surface area contributed by atoms with Crippen molar-refractivity contribution in [2.75, 3.05) is 6.61 Å². The van der Waals surface area contributed by atoms with Gasteiger partial charge in [-0.25, -0.2) is 9.50 Å². The van der Waals surface area contributed by atoms with Gasteiger partial charge in [-0.05, 0) is 38.7 Å². The molecule has 2 rings (SSSR count). The number of fused-ring (bicyclic) bond motifs is 1. The van der Waals surface area contributed by atoms with Crippen LogP contribution in [-0.4, -0.2) is 38.3 Å². The average molecular weight is 329 g/mol. The molecular weight excluding hydrogens is 306 g/mol. The number of aryl methyl sites for hydroxylation is 2. The van der Waals surface area contributed by atoms with Gasteiger partial charge in [0.1, 0.15) is 11.6 Å². The molecule has 2 aromatic heterocycles. The molecule has 0 bridgehead atoms. The molecule has 0 aromatic carbocycles. The Morgan fingerprint density at radius 3 is 2.79 bits per heavy atom. The first kappa shape index (κ1) is 17.9. The summed E-state index contributed by atoms with van der Waals surface area (Å²) in [6.07, 6.45) is 2.39. The first-order chi connectivity index (χ1) is 11.4. The van der Waals surface area contributed by atoms with Gasteiger partial charge in [-0.3, -0.25) is 4.79 Å².